The number of anilines is 2. The van der Waals surface area contributed by atoms with Crippen LogP contribution in [-0.4, -0.2) is 54.9 Å². The third-order valence-electron chi connectivity index (χ3n) is 8.48. The molecule has 0 aliphatic carbocycles. The van der Waals surface area contributed by atoms with Crippen molar-refractivity contribution in [2.24, 2.45) is 0 Å². The van der Waals surface area contributed by atoms with Crippen molar-refractivity contribution in [2.45, 2.75) is 26.5 Å². The fourth-order valence-corrected chi connectivity index (χ4v) is 5.99. The fourth-order valence-electron chi connectivity index (χ4n) is 5.99. The standard InChI is InChI=1S/C37H37N3O4/c1-25-8-7-11-28(22-25)34-33(35(41)29-12-17-32(26(2)23-29)44-24-27-9-5-4-6-10-27)36(42)37(43)40(34)31-15-13-30(14-16-31)39-20-18-38(3)19-21-39/h4-17,22-23,34,41H,18-21,24H2,1-3H3/b35-33-. The lowest BCUT2D eigenvalue weighted by molar-refractivity contribution is -0.132. The SMILES string of the molecule is Cc1cccc(C2/C(=C(/O)c3ccc(OCc4ccccc4)c(C)c3)C(=O)C(=O)N2c2ccc(N3CCN(C)CC3)cc2)c1. The Morgan fingerprint density at radius 2 is 1.52 bits per heavy atom. The van der Waals surface area contributed by atoms with Crippen LogP contribution < -0.4 is 14.5 Å². The largest absolute Gasteiger partial charge is 0.507 e. The van der Waals surface area contributed by atoms with Gasteiger partial charge < -0.3 is 19.6 Å². The van der Waals surface area contributed by atoms with Gasteiger partial charge in [0.25, 0.3) is 11.7 Å². The molecule has 2 aliphatic rings. The number of piperazine rings is 1. The number of hydrogen-bond donors (Lipinski definition) is 1. The zero-order chi connectivity index (χ0) is 30.8. The van der Waals surface area contributed by atoms with Gasteiger partial charge in [0.15, 0.2) is 0 Å². The maximum absolute atomic E-state index is 13.7. The molecule has 1 N–H and O–H groups in total. The Morgan fingerprint density at radius 3 is 2.20 bits per heavy atom. The minimum Gasteiger partial charge on any atom is -0.507 e. The molecule has 0 aromatic heterocycles. The van der Waals surface area contributed by atoms with Crippen molar-refractivity contribution in [1.82, 2.24) is 4.90 Å². The minimum absolute atomic E-state index is 0.0705. The molecule has 0 spiro atoms. The summed E-state index contributed by atoms with van der Waals surface area (Å²) in [5.74, 6) is -0.894. The van der Waals surface area contributed by atoms with E-state index in [0.29, 0.717) is 23.6 Å². The Balaban J connectivity index is 1.35. The highest BCUT2D eigenvalue weighted by Crippen LogP contribution is 2.43. The Hall–Kier alpha value is -4.88. The van der Waals surface area contributed by atoms with Crippen molar-refractivity contribution in [1.29, 1.82) is 0 Å². The molecule has 0 radical (unpaired) electrons. The molecule has 7 nitrogen and oxygen atoms in total. The first-order chi connectivity index (χ1) is 21.3. The lowest BCUT2D eigenvalue weighted by atomic mass is 9.94. The van der Waals surface area contributed by atoms with Gasteiger partial charge in [-0.3, -0.25) is 14.5 Å². The van der Waals surface area contributed by atoms with Crippen LogP contribution in [0, 0.1) is 13.8 Å². The molecule has 1 amide bonds. The predicted molar refractivity (Wildman–Crippen MR) is 174 cm³/mol. The molecule has 224 valence electrons. The summed E-state index contributed by atoms with van der Waals surface area (Å²) in [6.45, 7) is 8.12. The van der Waals surface area contributed by atoms with Crippen molar-refractivity contribution in [3.63, 3.8) is 0 Å². The Labute approximate surface area is 258 Å². The van der Waals surface area contributed by atoms with Gasteiger partial charge in [0.05, 0.1) is 11.6 Å². The molecular weight excluding hydrogens is 550 g/mol. The number of aliphatic hydroxyl groups excluding tert-OH is 1. The van der Waals surface area contributed by atoms with Gasteiger partial charge >= 0.3 is 0 Å². The van der Waals surface area contributed by atoms with Crippen LogP contribution in [-0.2, 0) is 16.2 Å². The first-order valence-electron chi connectivity index (χ1n) is 15.0. The number of ketones is 1. The normalized spacial score (nSPS) is 18.6. The lowest BCUT2D eigenvalue weighted by Gasteiger charge is -2.34. The van der Waals surface area contributed by atoms with Crippen molar-refractivity contribution < 1.29 is 19.4 Å². The number of rotatable bonds is 7. The topological polar surface area (TPSA) is 73.3 Å². The second-order valence-electron chi connectivity index (χ2n) is 11.6. The predicted octanol–water partition coefficient (Wildman–Crippen LogP) is 6.26. The zero-order valence-corrected chi connectivity index (χ0v) is 25.4. The summed E-state index contributed by atoms with van der Waals surface area (Å²) < 4.78 is 6.03. The van der Waals surface area contributed by atoms with E-state index in [1.165, 1.54) is 4.90 Å². The van der Waals surface area contributed by atoms with Gasteiger partial charge in [-0.15, -0.1) is 0 Å². The third-order valence-corrected chi connectivity index (χ3v) is 8.48. The number of hydrogen-bond acceptors (Lipinski definition) is 6. The van der Waals surface area contributed by atoms with Crippen molar-refractivity contribution in [2.75, 3.05) is 43.0 Å². The summed E-state index contributed by atoms with van der Waals surface area (Å²) in [5.41, 5.74) is 5.82. The van der Waals surface area contributed by atoms with Crippen LogP contribution in [0.5, 0.6) is 5.75 Å². The minimum atomic E-state index is -0.779. The molecule has 6 rings (SSSR count). The molecule has 44 heavy (non-hydrogen) atoms. The molecule has 2 saturated heterocycles. The smallest absolute Gasteiger partial charge is 0.300 e. The Bertz CT molecular complexity index is 1710. The van der Waals surface area contributed by atoms with E-state index < -0.39 is 17.7 Å². The molecule has 1 atom stereocenters. The average molecular weight is 588 g/mol. The maximum Gasteiger partial charge on any atom is 0.300 e. The summed E-state index contributed by atoms with van der Waals surface area (Å²) in [6.07, 6.45) is 0. The van der Waals surface area contributed by atoms with Crippen LogP contribution in [0.25, 0.3) is 5.76 Å². The number of amides is 1. The van der Waals surface area contributed by atoms with Gasteiger partial charge in [-0.25, -0.2) is 0 Å². The molecule has 2 heterocycles. The number of nitrogens with zero attached hydrogens (tertiary/aromatic N) is 3. The van der Waals surface area contributed by atoms with Gasteiger partial charge in [-0.2, -0.15) is 0 Å². The van der Waals surface area contributed by atoms with E-state index in [1.54, 1.807) is 18.2 Å². The van der Waals surface area contributed by atoms with Crippen LogP contribution in [0.1, 0.15) is 33.9 Å². The maximum atomic E-state index is 13.7. The molecule has 0 bridgehead atoms. The number of aryl methyl sites for hydroxylation is 2. The zero-order valence-electron chi connectivity index (χ0n) is 25.4. The Kier molecular flexibility index (Phi) is 8.22. The van der Waals surface area contributed by atoms with Crippen molar-refractivity contribution in [3.05, 3.63) is 130 Å². The summed E-state index contributed by atoms with van der Waals surface area (Å²) in [4.78, 5) is 33.5. The number of Topliss-reactive ketones (excluding diaryl/α,β-unsaturated/α-hetero) is 1. The van der Waals surface area contributed by atoms with E-state index in [9.17, 15) is 14.7 Å². The van der Waals surface area contributed by atoms with Crippen LogP contribution in [0.3, 0.4) is 0 Å². The molecule has 4 aromatic rings. The van der Waals surface area contributed by atoms with Crippen LogP contribution in [0.2, 0.25) is 0 Å². The molecule has 1 unspecified atom stereocenters. The first kappa shape index (κ1) is 29.2. The number of carbonyl (C=O) groups is 2. The summed E-state index contributed by atoms with van der Waals surface area (Å²) in [7, 11) is 2.12. The molecule has 0 saturated carbocycles. The van der Waals surface area contributed by atoms with Gasteiger partial charge in [0.2, 0.25) is 0 Å². The molecule has 2 aliphatic heterocycles. The Morgan fingerprint density at radius 1 is 0.818 bits per heavy atom. The van der Waals surface area contributed by atoms with Gasteiger partial charge in [-0.05, 0) is 80.1 Å². The summed E-state index contributed by atoms with van der Waals surface area (Å²) in [5, 5.41) is 11.7. The number of ether oxygens (including phenoxy) is 1. The number of carbonyl (C=O) groups excluding carboxylic acids is 2. The number of aliphatic hydroxyl groups is 1. The van der Waals surface area contributed by atoms with E-state index >= 15 is 0 Å². The van der Waals surface area contributed by atoms with Crippen molar-refractivity contribution in [3.8, 4) is 5.75 Å². The van der Waals surface area contributed by atoms with Crippen LogP contribution in [0.15, 0.2) is 103 Å². The molecule has 7 heteroatoms. The van der Waals surface area contributed by atoms with Crippen LogP contribution >= 0.6 is 0 Å². The number of likely N-dealkylation sites (N-methyl/N-ethyl adjacent to an activating group) is 1. The average Bonchev–Trinajstić information content (AvgIpc) is 3.30. The summed E-state index contributed by atoms with van der Waals surface area (Å²) >= 11 is 0. The molecule has 2 fully saturated rings. The van der Waals surface area contributed by atoms with E-state index in [2.05, 4.69) is 16.8 Å². The summed E-state index contributed by atoms with van der Waals surface area (Å²) in [6, 6.07) is 30.0. The molecule has 4 aromatic carbocycles. The van der Waals surface area contributed by atoms with E-state index in [0.717, 1.165) is 54.1 Å². The quantitative estimate of drug-likeness (QED) is 0.156. The highest BCUT2D eigenvalue weighted by Gasteiger charge is 2.47. The van der Waals surface area contributed by atoms with Gasteiger partial charge in [-0.1, -0.05) is 60.2 Å². The fraction of sp³-hybridized carbons (Fsp3) is 0.243. The number of benzene rings is 4. The van der Waals surface area contributed by atoms with Gasteiger partial charge in [0.1, 0.15) is 18.1 Å². The van der Waals surface area contributed by atoms with Crippen molar-refractivity contribution >= 4 is 28.8 Å². The molecular formula is C37H37N3O4. The lowest BCUT2D eigenvalue weighted by Crippen LogP contribution is -2.44. The van der Waals surface area contributed by atoms with E-state index in [-0.39, 0.29) is 11.3 Å². The van der Waals surface area contributed by atoms with E-state index in [4.69, 9.17) is 4.74 Å². The second kappa shape index (κ2) is 12.4. The van der Waals surface area contributed by atoms with E-state index in [1.807, 2.05) is 92.7 Å². The monoisotopic (exact) mass is 587 g/mol. The van der Waals surface area contributed by atoms with Crippen LogP contribution in [0.4, 0.5) is 11.4 Å². The highest BCUT2D eigenvalue weighted by molar-refractivity contribution is 6.51. The second-order valence-corrected chi connectivity index (χ2v) is 11.6. The third kappa shape index (κ3) is 5.83. The van der Waals surface area contributed by atoms with Gasteiger partial charge in [0, 0.05) is 43.1 Å². The highest BCUT2D eigenvalue weighted by atomic mass is 16.5. The first-order valence-corrected chi connectivity index (χ1v) is 15.0.